The Morgan fingerprint density at radius 2 is 1.62 bits per heavy atom. The average Bonchev–Trinajstić information content (AvgIpc) is 2.67. The number of rotatable bonds is 9. The first-order valence-electron chi connectivity index (χ1n) is 10.1. The third kappa shape index (κ3) is 6.36. The highest BCUT2D eigenvalue weighted by atomic mass is 16.2. The van der Waals surface area contributed by atoms with Gasteiger partial charge in [-0.3, -0.25) is 9.59 Å². The van der Waals surface area contributed by atoms with Crippen molar-refractivity contribution in [1.82, 2.24) is 10.2 Å². The fourth-order valence-corrected chi connectivity index (χ4v) is 3.48. The van der Waals surface area contributed by atoms with Crippen LogP contribution in [0.5, 0.6) is 0 Å². The van der Waals surface area contributed by atoms with Crippen LogP contribution in [0.3, 0.4) is 0 Å². The van der Waals surface area contributed by atoms with Gasteiger partial charge in [0.2, 0.25) is 5.91 Å². The van der Waals surface area contributed by atoms with Crippen molar-refractivity contribution in [3.63, 3.8) is 0 Å². The number of nitrogens with zero attached hydrogens (tertiary/aromatic N) is 1. The second-order valence-corrected chi connectivity index (χ2v) is 7.13. The molecule has 0 atom stereocenters. The Labute approximate surface area is 157 Å². The maximum Gasteiger partial charge on any atom is 0.253 e. The highest BCUT2D eigenvalue weighted by Gasteiger charge is 2.16. The maximum atomic E-state index is 12.6. The molecule has 5 heteroatoms. The molecule has 2 rings (SSSR count). The van der Waals surface area contributed by atoms with Crippen LogP contribution in [0.2, 0.25) is 0 Å². The Morgan fingerprint density at radius 1 is 1.00 bits per heavy atom. The lowest BCUT2D eigenvalue weighted by Gasteiger charge is -2.23. The Hall–Kier alpha value is -2.04. The highest BCUT2D eigenvalue weighted by molar-refractivity contribution is 5.94. The number of carbonyl (C=O) groups excluding carboxylic acids is 2. The van der Waals surface area contributed by atoms with Crippen LogP contribution >= 0.6 is 0 Å². The Kier molecular flexibility index (Phi) is 8.45. The SMILES string of the molecule is CCCN(CCC)C(=O)c1ccc(NCC(=O)NC2CCCCC2)cc1. The van der Waals surface area contributed by atoms with E-state index in [-0.39, 0.29) is 18.4 Å². The number of hydrogen-bond acceptors (Lipinski definition) is 3. The molecule has 2 N–H and O–H groups in total. The molecule has 1 aromatic rings. The largest absolute Gasteiger partial charge is 0.376 e. The van der Waals surface area contributed by atoms with E-state index in [0.717, 1.165) is 44.5 Å². The van der Waals surface area contributed by atoms with Gasteiger partial charge in [0.15, 0.2) is 0 Å². The summed E-state index contributed by atoms with van der Waals surface area (Å²) in [5.41, 5.74) is 1.56. The zero-order chi connectivity index (χ0) is 18.8. The van der Waals surface area contributed by atoms with Crippen LogP contribution in [0.25, 0.3) is 0 Å². The van der Waals surface area contributed by atoms with Crippen LogP contribution in [0.15, 0.2) is 24.3 Å². The molecule has 5 nitrogen and oxygen atoms in total. The lowest BCUT2D eigenvalue weighted by atomic mass is 9.95. The number of carbonyl (C=O) groups is 2. The summed E-state index contributed by atoms with van der Waals surface area (Å²) in [4.78, 5) is 26.5. The monoisotopic (exact) mass is 359 g/mol. The van der Waals surface area contributed by atoms with Crippen molar-refractivity contribution >= 4 is 17.5 Å². The van der Waals surface area contributed by atoms with E-state index in [4.69, 9.17) is 0 Å². The molecule has 1 saturated carbocycles. The summed E-state index contributed by atoms with van der Waals surface area (Å²) >= 11 is 0. The first-order chi connectivity index (χ1) is 12.6. The van der Waals surface area contributed by atoms with E-state index in [2.05, 4.69) is 24.5 Å². The van der Waals surface area contributed by atoms with E-state index in [1.165, 1.54) is 19.3 Å². The van der Waals surface area contributed by atoms with Crippen LogP contribution in [0.4, 0.5) is 5.69 Å². The van der Waals surface area contributed by atoms with E-state index in [1.54, 1.807) is 0 Å². The van der Waals surface area contributed by atoms with Crippen LogP contribution < -0.4 is 10.6 Å². The summed E-state index contributed by atoms with van der Waals surface area (Å²) in [6.45, 7) is 6.01. The third-order valence-corrected chi connectivity index (χ3v) is 4.83. The summed E-state index contributed by atoms with van der Waals surface area (Å²) in [6.07, 6.45) is 7.80. The van der Waals surface area contributed by atoms with Crippen molar-refractivity contribution in [3.8, 4) is 0 Å². The van der Waals surface area contributed by atoms with Gasteiger partial charge in [-0.15, -0.1) is 0 Å². The minimum atomic E-state index is 0.0362. The predicted molar refractivity (Wildman–Crippen MR) is 106 cm³/mol. The number of amides is 2. The molecule has 0 saturated heterocycles. The van der Waals surface area contributed by atoms with Gasteiger partial charge in [0.1, 0.15) is 0 Å². The van der Waals surface area contributed by atoms with Crippen LogP contribution in [-0.4, -0.2) is 42.4 Å². The molecule has 144 valence electrons. The molecule has 1 fully saturated rings. The van der Waals surface area contributed by atoms with Gasteiger partial charge in [-0.05, 0) is 49.9 Å². The van der Waals surface area contributed by atoms with Crippen LogP contribution in [0.1, 0.15) is 69.2 Å². The second-order valence-electron chi connectivity index (χ2n) is 7.13. The zero-order valence-electron chi connectivity index (χ0n) is 16.2. The number of anilines is 1. The van der Waals surface area contributed by atoms with Gasteiger partial charge < -0.3 is 15.5 Å². The van der Waals surface area contributed by atoms with E-state index < -0.39 is 0 Å². The molecule has 0 heterocycles. The quantitative estimate of drug-likeness (QED) is 0.705. The molecule has 1 aliphatic carbocycles. The van der Waals surface area contributed by atoms with Crippen molar-refractivity contribution in [2.75, 3.05) is 25.0 Å². The predicted octanol–water partition coefficient (Wildman–Crippen LogP) is 3.81. The summed E-state index contributed by atoms with van der Waals surface area (Å²) < 4.78 is 0. The van der Waals surface area contributed by atoms with Crippen molar-refractivity contribution in [2.24, 2.45) is 0 Å². The molecule has 0 spiro atoms. The molecule has 2 amide bonds. The topological polar surface area (TPSA) is 61.4 Å². The van der Waals surface area contributed by atoms with E-state index >= 15 is 0 Å². The number of benzene rings is 1. The van der Waals surface area contributed by atoms with Gasteiger partial charge in [0, 0.05) is 30.4 Å². The Bertz CT molecular complexity index is 559. The van der Waals surface area contributed by atoms with Crippen LogP contribution in [0, 0.1) is 0 Å². The van der Waals surface area contributed by atoms with Gasteiger partial charge in [0.25, 0.3) is 5.91 Å². The molecule has 0 aromatic heterocycles. The van der Waals surface area contributed by atoms with Crippen molar-refractivity contribution in [2.45, 2.75) is 64.8 Å². The second kappa shape index (κ2) is 10.8. The minimum Gasteiger partial charge on any atom is -0.376 e. The lowest BCUT2D eigenvalue weighted by molar-refractivity contribution is -0.120. The fourth-order valence-electron chi connectivity index (χ4n) is 3.48. The smallest absolute Gasteiger partial charge is 0.253 e. The van der Waals surface area contributed by atoms with Gasteiger partial charge in [-0.2, -0.15) is 0 Å². The Morgan fingerprint density at radius 3 is 2.19 bits per heavy atom. The molecular formula is C21H33N3O2. The van der Waals surface area contributed by atoms with Gasteiger partial charge in [-0.25, -0.2) is 0 Å². The number of hydrogen-bond donors (Lipinski definition) is 2. The molecule has 0 radical (unpaired) electrons. The summed E-state index contributed by atoms with van der Waals surface area (Å²) in [6, 6.07) is 7.75. The normalized spacial score (nSPS) is 14.7. The van der Waals surface area contributed by atoms with Crippen molar-refractivity contribution < 1.29 is 9.59 Å². The van der Waals surface area contributed by atoms with Crippen molar-refractivity contribution in [3.05, 3.63) is 29.8 Å². The highest BCUT2D eigenvalue weighted by Crippen LogP contribution is 2.17. The first kappa shape index (κ1) is 20.3. The van der Waals surface area contributed by atoms with E-state index in [9.17, 15) is 9.59 Å². The summed E-state index contributed by atoms with van der Waals surface area (Å²) in [5.74, 6) is 0.115. The molecule has 0 aliphatic heterocycles. The zero-order valence-corrected chi connectivity index (χ0v) is 16.2. The first-order valence-corrected chi connectivity index (χ1v) is 10.1. The third-order valence-electron chi connectivity index (χ3n) is 4.83. The van der Waals surface area contributed by atoms with Gasteiger partial charge in [-0.1, -0.05) is 33.1 Å². The van der Waals surface area contributed by atoms with Gasteiger partial charge in [0.05, 0.1) is 6.54 Å². The maximum absolute atomic E-state index is 12.6. The van der Waals surface area contributed by atoms with Crippen LogP contribution in [-0.2, 0) is 4.79 Å². The molecule has 1 aromatic carbocycles. The lowest BCUT2D eigenvalue weighted by Crippen LogP contribution is -2.39. The minimum absolute atomic E-state index is 0.0362. The van der Waals surface area contributed by atoms with E-state index in [1.807, 2.05) is 29.2 Å². The molecule has 0 unspecified atom stereocenters. The molecular weight excluding hydrogens is 326 g/mol. The summed E-state index contributed by atoms with van der Waals surface area (Å²) in [5, 5.41) is 6.24. The Balaban J connectivity index is 1.82. The summed E-state index contributed by atoms with van der Waals surface area (Å²) in [7, 11) is 0. The molecule has 1 aliphatic rings. The van der Waals surface area contributed by atoms with Gasteiger partial charge >= 0.3 is 0 Å². The van der Waals surface area contributed by atoms with Crippen molar-refractivity contribution in [1.29, 1.82) is 0 Å². The average molecular weight is 360 g/mol. The van der Waals surface area contributed by atoms with E-state index in [0.29, 0.717) is 11.6 Å². The molecule has 26 heavy (non-hydrogen) atoms. The standard InChI is InChI=1S/C21H33N3O2/c1-3-14-24(15-4-2)21(26)17-10-12-18(13-11-17)22-16-20(25)23-19-8-6-5-7-9-19/h10-13,19,22H,3-9,14-16H2,1-2H3,(H,23,25). The molecule has 0 bridgehead atoms. The fraction of sp³-hybridized carbons (Fsp3) is 0.619. The number of nitrogens with one attached hydrogen (secondary N) is 2.